The number of hydrogen-bond acceptors (Lipinski definition) is 14. The Morgan fingerprint density at radius 3 is 2.40 bits per heavy atom. The SMILES string of the molecule is O=C(COCCOCCOCCOCCOc1ccc(COc2ccc3oc(N4CCn5ccnc5C4)nc3c2)nc1)NCC(=O)N1CC[C@@H](O)C1. The number of aliphatic hydroxyl groups is 1. The topological polar surface area (TPSA) is 185 Å². The van der Waals surface area contributed by atoms with Gasteiger partial charge >= 0.3 is 0 Å². The molecule has 1 fully saturated rings. The number of likely N-dealkylation sites (tertiary alicyclic amines) is 1. The maximum absolute atomic E-state index is 12.0. The molecule has 17 heteroatoms. The van der Waals surface area contributed by atoms with E-state index in [-0.39, 0.29) is 31.6 Å². The molecule has 52 heavy (non-hydrogen) atoms. The zero-order valence-corrected chi connectivity index (χ0v) is 29.0. The van der Waals surface area contributed by atoms with Crippen LogP contribution in [0.2, 0.25) is 0 Å². The van der Waals surface area contributed by atoms with Gasteiger partial charge in [0, 0.05) is 44.6 Å². The fourth-order valence-electron chi connectivity index (χ4n) is 5.54. The van der Waals surface area contributed by atoms with Gasteiger partial charge in [0.25, 0.3) is 6.01 Å². The molecule has 2 aliphatic heterocycles. The Morgan fingerprint density at radius 2 is 1.65 bits per heavy atom. The molecule has 0 unspecified atom stereocenters. The van der Waals surface area contributed by atoms with Crippen molar-refractivity contribution in [1.29, 1.82) is 0 Å². The van der Waals surface area contributed by atoms with E-state index < -0.39 is 6.10 Å². The number of aromatic nitrogens is 4. The number of benzene rings is 1. The van der Waals surface area contributed by atoms with Crippen LogP contribution < -0.4 is 19.7 Å². The lowest BCUT2D eigenvalue weighted by atomic mass is 10.3. The van der Waals surface area contributed by atoms with Gasteiger partial charge in [0.1, 0.15) is 42.7 Å². The first-order valence-corrected chi connectivity index (χ1v) is 17.4. The second kappa shape index (κ2) is 19.1. The minimum absolute atomic E-state index is 0.108. The number of amides is 2. The van der Waals surface area contributed by atoms with Crippen LogP contribution in [0.1, 0.15) is 17.9 Å². The van der Waals surface area contributed by atoms with E-state index in [9.17, 15) is 14.7 Å². The molecular formula is C35H45N7O10. The zero-order valence-electron chi connectivity index (χ0n) is 29.0. The predicted octanol–water partition coefficient (Wildman–Crippen LogP) is 1.17. The van der Waals surface area contributed by atoms with E-state index in [0.29, 0.717) is 102 Å². The number of imidazole rings is 1. The van der Waals surface area contributed by atoms with Gasteiger partial charge in [0.05, 0.1) is 77.3 Å². The lowest BCUT2D eigenvalue weighted by Gasteiger charge is -2.25. The predicted molar refractivity (Wildman–Crippen MR) is 185 cm³/mol. The smallest absolute Gasteiger partial charge is 0.298 e. The van der Waals surface area contributed by atoms with Crippen molar-refractivity contribution in [2.75, 3.05) is 90.5 Å². The third-order valence-corrected chi connectivity index (χ3v) is 8.35. The van der Waals surface area contributed by atoms with E-state index >= 15 is 0 Å². The van der Waals surface area contributed by atoms with Crippen LogP contribution in [0.25, 0.3) is 11.1 Å². The van der Waals surface area contributed by atoms with Gasteiger partial charge in [0.2, 0.25) is 11.8 Å². The number of oxazole rings is 1. The molecule has 1 atom stereocenters. The second-order valence-corrected chi connectivity index (χ2v) is 12.2. The van der Waals surface area contributed by atoms with Gasteiger partial charge in [-0.2, -0.15) is 4.98 Å². The molecule has 17 nitrogen and oxygen atoms in total. The van der Waals surface area contributed by atoms with Crippen LogP contribution >= 0.6 is 0 Å². The number of carbonyl (C=O) groups excluding carboxylic acids is 2. The van der Waals surface area contributed by atoms with Crippen molar-refractivity contribution in [2.45, 2.75) is 32.2 Å². The van der Waals surface area contributed by atoms with E-state index in [2.05, 4.69) is 29.7 Å². The summed E-state index contributed by atoms with van der Waals surface area (Å²) in [5.41, 5.74) is 2.19. The summed E-state index contributed by atoms with van der Waals surface area (Å²) in [5, 5.41) is 12.0. The first-order valence-electron chi connectivity index (χ1n) is 17.4. The van der Waals surface area contributed by atoms with Crippen molar-refractivity contribution in [1.82, 2.24) is 29.7 Å². The monoisotopic (exact) mass is 723 g/mol. The average molecular weight is 724 g/mol. The molecule has 1 saturated heterocycles. The van der Waals surface area contributed by atoms with E-state index in [0.717, 1.165) is 30.1 Å². The molecule has 0 spiro atoms. The number of fused-ring (bicyclic) bond motifs is 2. The van der Waals surface area contributed by atoms with Gasteiger partial charge < -0.3 is 57.6 Å². The molecule has 2 amide bonds. The highest BCUT2D eigenvalue weighted by atomic mass is 16.6. The second-order valence-electron chi connectivity index (χ2n) is 12.2. The Labute approximate surface area is 300 Å². The number of nitrogens with one attached hydrogen (secondary N) is 1. The fourth-order valence-corrected chi connectivity index (χ4v) is 5.54. The number of nitrogens with zero attached hydrogens (tertiary/aromatic N) is 6. The van der Waals surface area contributed by atoms with Gasteiger partial charge in [-0.1, -0.05) is 0 Å². The van der Waals surface area contributed by atoms with E-state index in [1.807, 2.05) is 42.7 Å². The molecule has 5 heterocycles. The van der Waals surface area contributed by atoms with Crippen molar-refractivity contribution in [3.8, 4) is 11.5 Å². The maximum Gasteiger partial charge on any atom is 0.298 e. The average Bonchev–Trinajstić information content (AvgIpc) is 3.93. The summed E-state index contributed by atoms with van der Waals surface area (Å²) in [4.78, 5) is 40.9. The molecule has 2 N–H and O–H groups in total. The van der Waals surface area contributed by atoms with Crippen molar-refractivity contribution >= 4 is 28.9 Å². The van der Waals surface area contributed by atoms with Crippen LogP contribution in [0, 0.1) is 0 Å². The van der Waals surface area contributed by atoms with Crippen LogP contribution in [-0.2, 0) is 48.2 Å². The van der Waals surface area contributed by atoms with Gasteiger partial charge in [-0.05, 0) is 30.7 Å². The lowest BCUT2D eigenvalue weighted by Crippen LogP contribution is -2.40. The number of carbonyl (C=O) groups is 2. The standard InChI is InChI=1S/C35H45N7O10/c43-27-5-7-41(22-27)34(45)21-38-33(44)25-49-16-15-47-12-11-46-13-14-48-17-18-50-29-2-1-26(37-20-29)24-51-28-3-4-31-30(19-28)39-35(52-31)42-10-9-40-8-6-36-32(40)23-42/h1-4,6,8,19-20,27,43H,5,7,9-18,21-25H2,(H,38,44)/t27-/m1/s1. The van der Waals surface area contributed by atoms with E-state index in [1.54, 1.807) is 6.20 Å². The summed E-state index contributed by atoms with van der Waals surface area (Å²) in [6.07, 6.45) is 5.54. The number of rotatable bonds is 21. The Balaban J connectivity index is 0.744. The summed E-state index contributed by atoms with van der Waals surface area (Å²) in [5.74, 6) is 1.71. The highest BCUT2D eigenvalue weighted by molar-refractivity contribution is 5.85. The molecule has 0 saturated carbocycles. The summed E-state index contributed by atoms with van der Waals surface area (Å²) in [6.45, 7) is 6.09. The molecule has 280 valence electrons. The Kier molecular flexibility index (Phi) is 13.6. The minimum Gasteiger partial charge on any atom is -0.490 e. The Hall–Kier alpha value is -4.81. The van der Waals surface area contributed by atoms with Crippen molar-refractivity contribution in [3.63, 3.8) is 0 Å². The Bertz CT molecular complexity index is 1720. The summed E-state index contributed by atoms with van der Waals surface area (Å²) in [7, 11) is 0. The van der Waals surface area contributed by atoms with Gasteiger partial charge in [-0.15, -0.1) is 0 Å². The third kappa shape index (κ3) is 11.1. The molecule has 2 aliphatic rings. The zero-order chi connectivity index (χ0) is 36.0. The van der Waals surface area contributed by atoms with Crippen LogP contribution in [-0.4, -0.2) is 133 Å². The van der Waals surface area contributed by atoms with Crippen LogP contribution in [0.5, 0.6) is 11.5 Å². The van der Waals surface area contributed by atoms with Crippen molar-refractivity contribution in [3.05, 3.63) is 60.4 Å². The van der Waals surface area contributed by atoms with Crippen LogP contribution in [0.3, 0.4) is 0 Å². The molecule has 0 radical (unpaired) electrons. The third-order valence-electron chi connectivity index (χ3n) is 8.35. The van der Waals surface area contributed by atoms with Crippen LogP contribution in [0.4, 0.5) is 6.01 Å². The van der Waals surface area contributed by atoms with Crippen molar-refractivity contribution < 1.29 is 47.5 Å². The molecule has 0 aliphatic carbocycles. The molecule has 1 aromatic carbocycles. The largest absolute Gasteiger partial charge is 0.490 e. The summed E-state index contributed by atoms with van der Waals surface area (Å²) in [6, 6.07) is 9.87. The van der Waals surface area contributed by atoms with Crippen LogP contribution in [0.15, 0.2) is 53.3 Å². The summed E-state index contributed by atoms with van der Waals surface area (Å²) < 4.78 is 41.5. The number of ether oxygens (including phenoxy) is 6. The molecule has 4 aromatic rings. The highest BCUT2D eigenvalue weighted by Gasteiger charge is 2.24. The maximum atomic E-state index is 12.0. The Morgan fingerprint density at radius 1 is 0.885 bits per heavy atom. The number of anilines is 1. The van der Waals surface area contributed by atoms with Gasteiger partial charge in [-0.3, -0.25) is 14.6 Å². The minimum atomic E-state index is -0.487. The molecule has 3 aromatic heterocycles. The number of aliphatic hydroxyl groups excluding tert-OH is 1. The molecule has 6 rings (SSSR count). The first-order chi connectivity index (χ1) is 25.5. The number of β-amino-alcohol motifs (C(OH)–C–C–N with tert-alkyl or cyclic N) is 1. The summed E-state index contributed by atoms with van der Waals surface area (Å²) >= 11 is 0. The van der Waals surface area contributed by atoms with Crippen molar-refractivity contribution in [2.24, 2.45) is 0 Å². The number of pyridine rings is 1. The first kappa shape index (κ1) is 37.0. The normalized spacial score (nSPS) is 15.6. The van der Waals surface area contributed by atoms with Gasteiger partial charge in [0.15, 0.2) is 5.58 Å². The number of hydrogen-bond donors (Lipinski definition) is 2. The van der Waals surface area contributed by atoms with E-state index in [1.165, 1.54) is 4.90 Å². The lowest BCUT2D eigenvalue weighted by molar-refractivity contribution is -0.133. The van der Waals surface area contributed by atoms with E-state index in [4.69, 9.17) is 32.8 Å². The molecular weight excluding hydrogens is 678 g/mol. The highest BCUT2D eigenvalue weighted by Crippen LogP contribution is 2.28. The van der Waals surface area contributed by atoms with Gasteiger partial charge in [-0.25, -0.2) is 4.98 Å². The fraction of sp³-hybridized carbons (Fsp3) is 0.514. The quantitative estimate of drug-likeness (QED) is 0.117. The molecule has 0 bridgehead atoms.